The molecule has 1 heterocycles. The van der Waals surface area contributed by atoms with Crippen LogP contribution in [-0.4, -0.2) is 91.0 Å². The van der Waals surface area contributed by atoms with E-state index in [-0.39, 0.29) is 25.2 Å². The molecule has 3 aliphatic rings. The zero-order valence-corrected chi connectivity index (χ0v) is 24.3. The SMILES string of the molecule is COc1cc(C=O)cc2c1OC1C2C(C(=O)NCCO)=CC(N(CCCOC(C)C)C(=O)CCC2CCCC2)C1O. The van der Waals surface area contributed by atoms with Crippen LogP contribution in [0, 0.1) is 5.92 Å². The predicted molar refractivity (Wildman–Crippen MR) is 152 cm³/mol. The third-order valence-electron chi connectivity index (χ3n) is 8.33. The van der Waals surface area contributed by atoms with Crippen LogP contribution < -0.4 is 14.8 Å². The zero-order chi connectivity index (χ0) is 29.5. The summed E-state index contributed by atoms with van der Waals surface area (Å²) in [5.74, 6) is 0.0222. The van der Waals surface area contributed by atoms with Gasteiger partial charge in [-0.1, -0.05) is 25.7 Å². The Bertz CT molecular complexity index is 1110. The van der Waals surface area contributed by atoms with Gasteiger partial charge < -0.3 is 34.6 Å². The molecule has 10 heteroatoms. The quantitative estimate of drug-likeness (QED) is 0.229. The fourth-order valence-corrected chi connectivity index (χ4v) is 6.32. The molecule has 1 aromatic rings. The number of nitrogens with one attached hydrogen (secondary N) is 1. The largest absolute Gasteiger partial charge is 0.493 e. The lowest BCUT2D eigenvalue weighted by molar-refractivity contribution is -0.137. The van der Waals surface area contributed by atoms with Crippen LogP contribution >= 0.6 is 0 Å². The van der Waals surface area contributed by atoms with Crippen LogP contribution in [-0.2, 0) is 14.3 Å². The number of amides is 2. The molecule has 0 bridgehead atoms. The number of fused-ring (bicyclic) bond motifs is 3. The molecule has 3 N–H and O–H groups in total. The molecule has 2 aliphatic carbocycles. The Morgan fingerprint density at radius 2 is 2.00 bits per heavy atom. The number of benzene rings is 1. The van der Waals surface area contributed by atoms with Crippen LogP contribution in [0.3, 0.4) is 0 Å². The number of hydrogen-bond acceptors (Lipinski definition) is 8. The molecule has 4 rings (SSSR count). The van der Waals surface area contributed by atoms with E-state index in [0.717, 1.165) is 19.3 Å². The van der Waals surface area contributed by atoms with Gasteiger partial charge in [-0.15, -0.1) is 0 Å². The second kappa shape index (κ2) is 14.3. The minimum Gasteiger partial charge on any atom is -0.493 e. The molecule has 0 aromatic heterocycles. The number of carbonyl (C=O) groups excluding carboxylic acids is 3. The number of ether oxygens (including phenoxy) is 3. The summed E-state index contributed by atoms with van der Waals surface area (Å²) >= 11 is 0. The Morgan fingerprint density at radius 1 is 1.24 bits per heavy atom. The molecular formula is C31H44N2O8. The highest BCUT2D eigenvalue weighted by Gasteiger charge is 2.51. The van der Waals surface area contributed by atoms with Crippen molar-refractivity contribution >= 4 is 18.1 Å². The molecule has 4 atom stereocenters. The lowest BCUT2D eigenvalue weighted by atomic mass is 9.77. The summed E-state index contributed by atoms with van der Waals surface area (Å²) < 4.78 is 17.5. The zero-order valence-electron chi connectivity index (χ0n) is 24.3. The standard InChI is InChI=1S/C31H44N2O8/c1-19(2)40-14-6-12-33(26(36)10-9-20-7-4-5-8-20)24-17-23(31(38)32-11-13-34)27-22-15-21(18-35)16-25(39-3)29(22)41-30(27)28(24)37/h15-20,24,27-28,30,34,37H,4-14H2,1-3H3,(H,32,38). The lowest BCUT2D eigenvalue weighted by Gasteiger charge is -2.41. The van der Waals surface area contributed by atoms with Crippen LogP contribution in [0.1, 0.15) is 80.6 Å². The van der Waals surface area contributed by atoms with Gasteiger partial charge in [0, 0.05) is 42.8 Å². The van der Waals surface area contributed by atoms with Crippen molar-refractivity contribution in [3.8, 4) is 11.5 Å². The summed E-state index contributed by atoms with van der Waals surface area (Å²) in [6, 6.07) is 2.38. The average Bonchev–Trinajstić information content (AvgIpc) is 3.63. The second-order valence-corrected chi connectivity index (χ2v) is 11.5. The first-order valence-electron chi connectivity index (χ1n) is 14.8. The molecular weight excluding hydrogens is 528 g/mol. The van der Waals surface area contributed by atoms with E-state index < -0.39 is 30.1 Å². The van der Waals surface area contributed by atoms with Gasteiger partial charge >= 0.3 is 0 Å². The highest BCUT2D eigenvalue weighted by molar-refractivity contribution is 5.96. The molecule has 0 spiro atoms. The maximum absolute atomic E-state index is 13.7. The molecule has 0 radical (unpaired) electrons. The molecule has 1 aromatic carbocycles. The third kappa shape index (κ3) is 7.10. The number of aldehydes is 1. The molecule has 2 amide bonds. The van der Waals surface area contributed by atoms with Crippen LogP contribution in [0.25, 0.3) is 0 Å². The van der Waals surface area contributed by atoms with Crippen molar-refractivity contribution in [3.63, 3.8) is 0 Å². The van der Waals surface area contributed by atoms with Gasteiger partial charge in [-0.3, -0.25) is 14.4 Å². The van der Waals surface area contributed by atoms with Gasteiger partial charge in [-0.25, -0.2) is 0 Å². The maximum atomic E-state index is 13.7. The maximum Gasteiger partial charge on any atom is 0.247 e. The van der Waals surface area contributed by atoms with Crippen LogP contribution in [0.2, 0.25) is 0 Å². The Kier molecular flexibility index (Phi) is 10.8. The number of rotatable bonds is 14. The van der Waals surface area contributed by atoms with Gasteiger partial charge in [0.1, 0.15) is 18.5 Å². The molecule has 0 saturated heterocycles. The van der Waals surface area contributed by atoms with E-state index in [4.69, 9.17) is 14.2 Å². The van der Waals surface area contributed by atoms with Crippen LogP contribution in [0.15, 0.2) is 23.8 Å². The number of aliphatic hydroxyl groups is 2. The van der Waals surface area contributed by atoms with Crippen molar-refractivity contribution in [3.05, 3.63) is 34.9 Å². The molecule has 41 heavy (non-hydrogen) atoms. The summed E-state index contributed by atoms with van der Waals surface area (Å²) in [6.07, 6.45) is 6.78. The molecule has 10 nitrogen and oxygen atoms in total. The van der Waals surface area contributed by atoms with E-state index >= 15 is 0 Å². The summed E-state index contributed by atoms with van der Waals surface area (Å²) in [5, 5.41) is 23.8. The highest BCUT2D eigenvalue weighted by atomic mass is 16.5. The summed E-state index contributed by atoms with van der Waals surface area (Å²) in [6.45, 7) is 4.52. The summed E-state index contributed by atoms with van der Waals surface area (Å²) in [5.41, 5.74) is 1.23. The molecule has 1 aliphatic heterocycles. The van der Waals surface area contributed by atoms with Crippen molar-refractivity contribution in [2.45, 2.75) is 89.1 Å². The van der Waals surface area contributed by atoms with Crippen LogP contribution in [0.5, 0.6) is 11.5 Å². The average molecular weight is 573 g/mol. The van der Waals surface area contributed by atoms with E-state index in [9.17, 15) is 24.6 Å². The number of aliphatic hydroxyl groups excluding tert-OH is 2. The number of hydrogen-bond donors (Lipinski definition) is 3. The van der Waals surface area contributed by atoms with Crippen molar-refractivity contribution in [2.24, 2.45) is 5.92 Å². The Hall–Kier alpha value is -2.95. The highest BCUT2D eigenvalue weighted by Crippen LogP contribution is 2.51. The van der Waals surface area contributed by atoms with Gasteiger partial charge in [0.05, 0.1) is 31.8 Å². The van der Waals surface area contributed by atoms with Gasteiger partial charge in [0.2, 0.25) is 11.8 Å². The van der Waals surface area contributed by atoms with E-state index in [1.807, 2.05) is 13.8 Å². The lowest BCUT2D eigenvalue weighted by Crippen LogP contribution is -2.56. The topological polar surface area (TPSA) is 135 Å². The van der Waals surface area contributed by atoms with Gasteiger partial charge in [-0.2, -0.15) is 0 Å². The van der Waals surface area contributed by atoms with Gasteiger partial charge in [-0.05, 0) is 50.8 Å². The summed E-state index contributed by atoms with van der Waals surface area (Å²) in [7, 11) is 1.46. The van der Waals surface area contributed by atoms with Gasteiger partial charge in [0.25, 0.3) is 0 Å². The second-order valence-electron chi connectivity index (χ2n) is 11.5. The van der Waals surface area contributed by atoms with E-state index in [2.05, 4.69) is 5.32 Å². The van der Waals surface area contributed by atoms with Crippen molar-refractivity contribution < 1.29 is 38.8 Å². The Morgan fingerprint density at radius 3 is 2.66 bits per heavy atom. The Balaban J connectivity index is 1.69. The fraction of sp³-hybridized carbons (Fsp3) is 0.645. The number of nitrogens with zero attached hydrogens (tertiary/aromatic N) is 1. The first-order valence-corrected chi connectivity index (χ1v) is 14.8. The normalized spacial score (nSPS) is 23.4. The third-order valence-corrected chi connectivity index (χ3v) is 8.33. The Labute approximate surface area is 242 Å². The minimum atomic E-state index is -1.15. The molecule has 226 valence electrons. The first kappa shape index (κ1) is 31.0. The molecule has 1 fully saturated rings. The number of methoxy groups -OCH3 is 1. The fourth-order valence-electron chi connectivity index (χ4n) is 6.32. The smallest absolute Gasteiger partial charge is 0.247 e. The monoisotopic (exact) mass is 572 g/mol. The predicted octanol–water partition coefficient (Wildman–Crippen LogP) is 2.74. The van der Waals surface area contributed by atoms with Crippen molar-refractivity contribution in [2.75, 3.05) is 33.4 Å². The molecule has 1 saturated carbocycles. The van der Waals surface area contributed by atoms with Crippen molar-refractivity contribution in [1.82, 2.24) is 10.2 Å². The first-order chi connectivity index (χ1) is 19.8. The van der Waals surface area contributed by atoms with Crippen molar-refractivity contribution in [1.29, 1.82) is 0 Å². The van der Waals surface area contributed by atoms with Gasteiger partial charge in [0.15, 0.2) is 11.5 Å². The summed E-state index contributed by atoms with van der Waals surface area (Å²) in [4.78, 5) is 40.5. The van der Waals surface area contributed by atoms with E-state index in [1.54, 1.807) is 23.1 Å². The van der Waals surface area contributed by atoms with Crippen LogP contribution in [0.4, 0.5) is 0 Å². The minimum absolute atomic E-state index is 0.0444. The molecule has 4 unspecified atom stereocenters. The van der Waals surface area contributed by atoms with E-state index in [1.165, 1.54) is 20.0 Å². The van der Waals surface area contributed by atoms with E-state index in [0.29, 0.717) is 66.4 Å². The number of carbonyl (C=O) groups is 3.